The summed E-state index contributed by atoms with van der Waals surface area (Å²) in [7, 11) is -4.10. The lowest BCUT2D eigenvalue weighted by Crippen LogP contribution is -2.38. The molecule has 1 aromatic rings. The van der Waals surface area contributed by atoms with Crippen molar-refractivity contribution >= 4 is 29.5 Å². The number of carboxylic acid groups (broad SMARTS) is 1. The van der Waals surface area contributed by atoms with E-state index in [9.17, 15) is 18.9 Å². The molecule has 0 aliphatic carbocycles. The van der Waals surface area contributed by atoms with Gasteiger partial charge in [0, 0.05) is 11.7 Å². The molecular formula is C15H30BrN4O7P. The molecule has 0 aliphatic heterocycles. The maximum Gasteiger partial charge on any atom is 0.339 e. The Kier molecular flexibility index (Phi) is 14.3. The zero-order valence-electron chi connectivity index (χ0n) is 16.6. The smallest absolute Gasteiger partial charge is 0.339 e. The number of nitrogens with one attached hydrogen (secondary N) is 2. The number of nitrogens with zero attached hydrogens (tertiary/aromatic N) is 1. The first kappa shape index (κ1) is 28.9. The third-order valence-electron chi connectivity index (χ3n) is 2.87. The normalized spacial score (nSPS) is 11.8. The van der Waals surface area contributed by atoms with Crippen LogP contribution >= 0.6 is 23.5 Å². The summed E-state index contributed by atoms with van der Waals surface area (Å²) in [5.41, 5.74) is 5.07. The number of H-pyrrole nitrogens is 1. The van der Waals surface area contributed by atoms with Crippen LogP contribution in [-0.4, -0.2) is 49.3 Å². The van der Waals surface area contributed by atoms with Crippen LogP contribution in [0.3, 0.4) is 0 Å². The van der Waals surface area contributed by atoms with E-state index in [0.717, 1.165) is 6.42 Å². The second-order valence-corrected chi connectivity index (χ2v) is 8.63. The Bertz CT molecular complexity index is 770. The zero-order valence-corrected chi connectivity index (χ0v) is 19.1. The summed E-state index contributed by atoms with van der Waals surface area (Å²) in [4.78, 5) is 52.0. The molecule has 0 amide bonds. The highest BCUT2D eigenvalue weighted by atomic mass is 79.9. The monoisotopic (exact) mass is 488 g/mol. The van der Waals surface area contributed by atoms with Crippen molar-refractivity contribution in [1.82, 2.24) is 14.9 Å². The van der Waals surface area contributed by atoms with Crippen LogP contribution in [0, 0.1) is 6.92 Å². The molecule has 1 rings (SSSR count). The van der Waals surface area contributed by atoms with Crippen LogP contribution < -0.4 is 22.3 Å². The number of carbonyl (C=O) groups is 1. The van der Waals surface area contributed by atoms with Crippen LogP contribution in [0.4, 0.5) is 0 Å². The molecule has 13 heteroatoms. The van der Waals surface area contributed by atoms with E-state index in [0.29, 0.717) is 16.2 Å². The topological polar surface area (TPSA) is 188 Å². The molecule has 0 fully saturated rings. The second-order valence-electron chi connectivity index (χ2n) is 6.19. The maximum atomic E-state index is 11.7. The minimum Gasteiger partial charge on any atom is -0.480 e. The first-order valence-electron chi connectivity index (χ1n) is 8.37. The van der Waals surface area contributed by atoms with E-state index in [1.54, 1.807) is 6.92 Å². The average molecular weight is 489 g/mol. The van der Waals surface area contributed by atoms with Crippen LogP contribution in [-0.2, 0) is 9.36 Å². The van der Waals surface area contributed by atoms with Gasteiger partial charge in [0.25, 0.3) is 5.56 Å². The lowest BCUT2D eigenvalue weighted by atomic mass is 10.2. The van der Waals surface area contributed by atoms with Gasteiger partial charge in [-0.1, -0.05) is 20.8 Å². The molecule has 1 aromatic heterocycles. The van der Waals surface area contributed by atoms with Crippen LogP contribution in [0.15, 0.2) is 14.1 Å². The predicted molar refractivity (Wildman–Crippen MR) is 111 cm³/mol. The van der Waals surface area contributed by atoms with Crippen LogP contribution in [0.2, 0.25) is 0 Å². The maximum absolute atomic E-state index is 11.7. The highest BCUT2D eigenvalue weighted by molar-refractivity contribution is 9.10. The fourth-order valence-corrected chi connectivity index (χ4v) is 2.22. The van der Waals surface area contributed by atoms with Crippen molar-refractivity contribution in [2.24, 2.45) is 5.73 Å². The first-order chi connectivity index (χ1) is 12.6. The van der Waals surface area contributed by atoms with Crippen LogP contribution in [0.1, 0.15) is 45.9 Å². The number of halogens is 1. The van der Waals surface area contributed by atoms with Gasteiger partial charge < -0.3 is 25.6 Å². The number of hydrogen-bond acceptors (Lipinski definition) is 6. The fraction of sp³-hybridized carbons (Fsp3) is 0.667. The molecule has 164 valence electrons. The Hall–Kier alpha value is -1.30. The van der Waals surface area contributed by atoms with Crippen molar-refractivity contribution in [3.63, 3.8) is 0 Å². The number of nitrogens with two attached hydrogens (primary N) is 1. The Labute approximate surface area is 171 Å². The number of aryl methyl sites for hydroxylation is 1. The van der Waals surface area contributed by atoms with Crippen molar-refractivity contribution in [1.29, 1.82) is 0 Å². The van der Waals surface area contributed by atoms with Crippen molar-refractivity contribution in [3.05, 3.63) is 31.0 Å². The van der Waals surface area contributed by atoms with E-state index in [-0.39, 0.29) is 17.3 Å². The molecule has 1 heterocycles. The number of hydrogen-bond donors (Lipinski definition) is 6. The molecule has 0 bridgehead atoms. The van der Waals surface area contributed by atoms with E-state index in [1.807, 2.05) is 27.7 Å². The molecule has 0 radical (unpaired) electrons. The fourth-order valence-electron chi connectivity index (χ4n) is 1.53. The summed E-state index contributed by atoms with van der Waals surface area (Å²) in [6.45, 7) is 8.92. The lowest BCUT2D eigenvalue weighted by molar-refractivity contribution is -0.135. The highest BCUT2D eigenvalue weighted by Gasteiger charge is 2.13. The summed E-state index contributed by atoms with van der Waals surface area (Å²) in [5, 5.41) is 10.1. The molecule has 0 aliphatic rings. The Morgan fingerprint density at radius 1 is 1.32 bits per heavy atom. The van der Waals surface area contributed by atoms with Gasteiger partial charge in [-0.05, 0) is 42.2 Å². The van der Waals surface area contributed by atoms with E-state index >= 15 is 0 Å². The van der Waals surface area contributed by atoms with E-state index < -0.39 is 26.4 Å². The summed E-state index contributed by atoms with van der Waals surface area (Å²) >= 11 is 3.16. The quantitative estimate of drug-likeness (QED) is 0.313. The Morgan fingerprint density at radius 2 is 1.79 bits per heavy atom. The largest absolute Gasteiger partial charge is 0.480 e. The highest BCUT2D eigenvalue weighted by Crippen LogP contribution is 2.31. The van der Waals surface area contributed by atoms with Crippen molar-refractivity contribution in [2.45, 2.75) is 53.1 Å². The molecule has 11 nitrogen and oxygen atoms in total. The number of aromatic nitrogens is 2. The van der Waals surface area contributed by atoms with E-state index in [1.165, 1.54) is 4.57 Å². The average Bonchev–Trinajstić information content (AvgIpc) is 2.51. The third kappa shape index (κ3) is 13.8. The van der Waals surface area contributed by atoms with Crippen molar-refractivity contribution in [2.75, 3.05) is 12.8 Å². The van der Waals surface area contributed by atoms with Gasteiger partial charge in [-0.2, -0.15) is 0 Å². The van der Waals surface area contributed by atoms with Gasteiger partial charge in [-0.3, -0.25) is 24.0 Å². The van der Waals surface area contributed by atoms with Gasteiger partial charge in [-0.15, -0.1) is 0 Å². The molecular weight excluding hydrogens is 459 g/mol. The van der Waals surface area contributed by atoms with Crippen molar-refractivity contribution in [3.8, 4) is 0 Å². The van der Waals surface area contributed by atoms with Gasteiger partial charge >= 0.3 is 19.3 Å². The number of aliphatic carboxylic acids is 1. The summed E-state index contributed by atoms with van der Waals surface area (Å²) < 4.78 is 11.7. The molecule has 0 saturated carbocycles. The van der Waals surface area contributed by atoms with E-state index in [4.69, 9.17) is 20.6 Å². The minimum absolute atomic E-state index is 0.0804. The second kappa shape index (κ2) is 13.8. The standard InChI is InChI=1S/C9H13BrN2O2.C3H8NO5P.C3H9N/c1-4-5(2)12-8(13)7(10)6(3)11-9(12)14;5-3(6)1-4-2-10(7,8)9;1-3(2)4/h5H,4H2,1-3H3,(H,11,14);4H,1-2H2,(H,5,6)(H2,7,8,9);3H,4H2,1-2H3. The number of rotatable bonds is 6. The molecule has 0 saturated heterocycles. The molecule has 1 unspecified atom stereocenters. The molecule has 0 aromatic carbocycles. The van der Waals surface area contributed by atoms with Gasteiger partial charge in [0.05, 0.1) is 12.8 Å². The van der Waals surface area contributed by atoms with Gasteiger partial charge in [0.2, 0.25) is 0 Å². The summed E-state index contributed by atoms with van der Waals surface area (Å²) in [6, 6.07) is 0.253. The predicted octanol–water partition coefficient (Wildman–Crippen LogP) is 0.728. The van der Waals surface area contributed by atoms with Crippen LogP contribution in [0.25, 0.3) is 0 Å². The Balaban J connectivity index is 0. The molecule has 28 heavy (non-hydrogen) atoms. The molecule has 0 spiro atoms. The molecule has 1 atom stereocenters. The van der Waals surface area contributed by atoms with Gasteiger partial charge in [0.15, 0.2) is 0 Å². The first-order valence-corrected chi connectivity index (χ1v) is 11.0. The summed E-state index contributed by atoms with van der Waals surface area (Å²) in [5.74, 6) is -1.14. The van der Waals surface area contributed by atoms with E-state index in [2.05, 4.69) is 26.2 Å². The van der Waals surface area contributed by atoms with Crippen molar-refractivity contribution < 1.29 is 24.3 Å². The SMILES string of the molecule is CC(C)N.CCC(C)n1c(=O)[nH]c(C)c(Br)c1=O.O=C(O)CNCP(=O)(O)O. The van der Waals surface area contributed by atoms with Crippen LogP contribution in [0.5, 0.6) is 0 Å². The number of carboxylic acids is 1. The van der Waals surface area contributed by atoms with Gasteiger partial charge in [-0.25, -0.2) is 4.79 Å². The third-order valence-corrected chi connectivity index (χ3v) is 4.44. The van der Waals surface area contributed by atoms with Gasteiger partial charge in [0.1, 0.15) is 4.47 Å². The summed E-state index contributed by atoms with van der Waals surface area (Å²) in [6.07, 6.45) is 0.151. The zero-order chi connectivity index (χ0) is 22.7. The Morgan fingerprint density at radius 3 is 2.14 bits per heavy atom. The minimum atomic E-state index is -4.10. The molecule has 7 N–H and O–H groups in total. The number of aromatic amines is 1. The lowest BCUT2D eigenvalue weighted by Gasteiger charge is -2.12.